The van der Waals surface area contributed by atoms with Crippen LogP contribution in [0.5, 0.6) is 5.75 Å². The van der Waals surface area contributed by atoms with E-state index >= 15 is 4.39 Å². The van der Waals surface area contributed by atoms with Crippen molar-refractivity contribution < 1.29 is 32.1 Å². The van der Waals surface area contributed by atoms with Gasteiger partial charge in [-0.1, -0.05) is 18.0 Å². The van der Waals surface area contributed by atoms with Crippen molar-refractivity contribution in [2.45, 2.75) is 35.3 Å². The summed E-state index contributed by atoms with van der Waals surface area (Å²) in [6.45, 7) is -0.918. The van der Waals surface area contributed by atoms with Crippen LogP contribution in [0.3, 0.4) is 0 Å². The average molecular weight is 473 g/mol. The van der Waals surface area contributed by atoms with Gasteiger partial charge in [0.25, 0.3) is 0 Å². The molecule has 168 valence electrons. The minimum atomic E-state index is -4.29. The van der Waals surface area contributed by atoms with Gasteiger partial charge in [0.2, 0.25) is 0 Å². The van der Waals surface area contributed by atoms with E-state index in [9.17, 15) is 23.0 Å². The number of aliphatic hydroxyl groups is 2. The zero-order valence-electron chi connectivity index (χ0n) is 16.7. The van der Waals surface area contributed by atoms with Crippen molar-refractivity contribution in [2.24, 2.45) is 11.3 Å². The van der Waals surface area contributed by atoms with E-state index in [0.29, 0.717) is 17.9 Å². The molecule has 9 heteroatoms. The Morgan fingerprint density at radius 2 is 1.74 bits per heavy atom. The molecule has 2 aromatic carbocycles. The van der Waals surface area contributed by atoms with Crippen molar-refractivity contribution in [3.63, 3.8) is 0 Å². The maximum absolute atomic E-state index is 15.3. The van der Waals surface area contributed by atoms with Crippen LogP contribution in [0.1, 0.15) is 31.2 Å². The highest BCUT2D eigenvalue weighted by Gasteiger charge is 2.64. The molecule has 1 aliphatic carbocycles. The highest BCUT2D eigenvalue weighted by atomic mass is 35.5. The molecule has 0 amide bonds. The second-order valence-electron chi connectivity index (χ2n) is 8.29. The zero-order valence-corrected chi connectivity index (χ0v) is 18.2. The Bertz CT molecular complexity index is 1090. The molecule has 0 saturated heterocycles. The smallest absolute Gasteiger partial charge is 0.188 e. The largest absolute Gasteiger partial charge is 0.490 e. The molecule has 0 bridgehead atoms. The van der Waals surface area contributed by atoms with Crippen LogP contribution in [0.2, 0.25) is 5.02 Å². The molecule has 0 radical (unpaired) electrons. The van der Waals surface area contributed by atoms with Crippen molar-refractivity contribution in [2.75, 3.05) is 19.8 Å². The van der Waals surface area contributed by atoms with E-state index in [2.05, 4.69) is 0 Å². The third-order valence-corrected chi connectivity index (χ3v) is 9.73. The summed E-state index contributed by atoms with van der Waals surface area (Å²) < 4.78 is 62.0. The lowest BCUT2D eigenvalue weighted by atomic mass is 9.58. The lowest BCUT2D eigenvalue weighted by Gasteiger charge is -2.55. The standard InChI is InChI=1S/C22H23ClF2O5S/c23-14-2-4-15(5-3-14)31(28,29)22-9-1-8-21(13-27,10-11-26)18(22)12-30-20-17(25)7-6-16(24)19(20)22/h2-7,18,26-27H,1,8-13H2/t18-,21+,22-/m0/s1. The fraction of sp³-hybridized carbons (Fsp3) is 0.455. The number of hydrogen-bond acceptors (Lipinski definition) is 5. The number of benzene rings is 2. The van der Waals surface area contributed by atoms with Crippen LogP contribution < -0.4 is 4.74 Å². The molecule has 1 heterocycles. The van der Waals surface area contributed by atoms with Crippen molar-refractivity contribution in [3.05, 3.63) is 58.6 Å². The molecule has 2 aromatic rings. The van der Waals surface area contributed by atoms with E-state index in [-0.39, 0.29) is 36.5 Å². The Balaban J connectivity index is 2.06. The number of sulfone groups is 1. The lowest BCUT2D eigenvalue weighted by Crippen LogP contribution is -2.59. The molecular formula is C22H23ClF2O5S. The predicted molar refractivity (Wildman–Crippen MR) is 111 cm³/mol. The second kappa shape index (κ2) is 7.99. The van der Waals surface area contributed by atoms with Crippen LogP contribution >= 0.6 is 11.6 Å². The van der Waals surface area contributed by atoms with Gasteiger partial charge in [0.1, 0.15) is 10.6 Å². The number of rotatable bonds is 5. The third-order valence-electron chi connectivity index (χ3n) is 6.93. The first-order chi connectivity index (χ1) is 14.7. The monoisotopic (exact) mass is 472 g/mol. The highest BCUT2D eigenvalue weighted by molar-refractivity contribution is 7.92. The van der Waals surface area contributed by atoms with E-state index < -0.39 is 49.9 Å². The van der Waals surface area contributed by atoms with Gasteiger partial charge in [-0.05, 0) is 55.7 Å². The Kier molecular flexibility index (Phi) is 5.79. The van der Waals surface area contributed by atoms with Gasteiger partial charge in [-0.25, -0.2) is 17.2 Å². The van der Waals surface area contributed by atoms with Crippen molar-refractivity contribution in [1.29, 1.82) is 0 Å². The summed E-state index contributed by atoms with van der Waals surface area (Å²) in [4.78, 5) is -0.0730. The second-order valence-corrected chi connectivity index (χ2v) is 10.9. The van der Waals surface area contributed by atoms with Gasteiger partial charge in [0.15, 0.2) is 21.4 Å². The van der Waals surface area contributed by atoms with Gasteiger partial charge in [-0.2, -0.15) is 0 Å². The first-order valence-electron chi connectivity index (χ1n) is 10.1. The molecule has 5 nitrogen and oxygen atoms in total. The molecule has 1 aliphatic heterocycles. The number of fused-ring (bicyclic) bond motifs is 3. The summed E-state index contributed by atoms with van der Waals surface area (Å²) in [5, 5.41) is 20.3. The number of ether oxygens (including phenoxy) is 1. The Hall–Kier alpha value is -1.74. The SMILES string of the molecule is O=S(=O)(c1ccc(Cl)cc1)[C@@]12CCC[C@](CO)(CCO)[C@@H]1COc1c(F)ccc(F)c12. The van der Waals surface area contributed by atoms with E-state index in [4.69, 9.17) is 16.3 Å². The summed E-state index contributed by atoms with van der Waals surface area (Å²) in [5.74, 6) is -3.03. The Morgan fingerprint density at radius 1 is 1.06 bits per heavy atom. The van der Waals surface area contributed by atoms with Gasteiger partial charge in [-0.3, -0.25) is 0 Å². The minimum Gasteiger partial charge on any atom is -0.490 e. The zero-order chi connectivity index (χ0) is 22.4. The van der Waals surface area contributed by atoms with E-state index in [1.807, 2.05) is 0 Å². The fourth-order valence-electron chi connectivity index (χ4n) is 5.46. The Morgan fingerprint density at radius 3 is 2.39 bits per heavy atom. The van der Waals surface area contributed by atoms with E-state index in [0.717, 1.165) is 12.1 Å². The van der Waals surface area contributed by atoms with Crippen LogP contribution in [0.25, 0.3) is 0 Å². The normalized spacial score (nSPS) is 27.8. The van der Waals surface area contributed by atoms with Gasteiger partial charge < -0.3 is 14.9 Å². The van der Waals surface area contributed by atoms with Gasteiger partial charge >= 0.3 is 0 Å². The molecule has 0 spiro atoms. The molecule has 2 N–H and O–H groups in total. The third kappa shape index (κ3) is 3.18. The van der Waals surface area contributed by atoms with Crippen LogP contribution in [-0.4, -0.2) is 38.5 Å². The lowest BCUT2D eigenvalue weighted by molar-refractivity contribution is -0.0516. The minimum absolute atomic E-state index is 0.0343. The van der Waals surface area contributed by atoms with Gasteiger partial charge in [0, 0.05) is 29.6 Å². The van der Waals surface area contributed by atoms with E-state index in [1.165, 1.54) is 24.3 Å². The summed E-state index contributed by atoms with van der Waals surface area (Å²) in [5.41, 5.74) is -1.36. The molecule has 4 rings (SSSR count). The summed E-state index contributed by atoms with van der Waals surface area (Å²) >= 11 is 5.93. The molecule has 0 unspecified atom stereocenters. The number of aliphatic hydroxyl groups excluding tert-OH is 2. The first kappa shape index (κ1) is 22.5. The van der Waals surface area contributed by atoms with Crippen molar-refractivity contribution >= 4 is 21.4 Å². The number of hydrogen-bond donors (Lipinski definition) is 2. The van der Waals surface area contributed by atoms with Crippen LogP contribution in [0.15, 0.2) is 41.3 Å². The average Bonchev–Trinajstić information content (AvgIpc) is 2.76. The van der Waals surface area contributed by atoms with Crippen molar-refractivity contribution in [3.8, 4) is 5.75 Å². The molecule has 31 heavy (non-hydrogen) atoms. The first-order valence-corrected chi connectivity index (χ1v) is 11.9. The van der Waals surface area contributed by atoms with Crippen LogP contribution in [0, 0.1) is 23.0 Å². The Labute approximate surface area is 184 Å². The van der Waals surface area contributed by atoms with Gasteiger partial charge in [0.05, 0.1) is 17.1 Å². The molecule has 3 atom stereocenters. The maximum Gasteiger partial charge on any atom is 0.188 e. The van der Waals surface area contributed by atoms with Gasteiger partial charge in [-0.15, -0.1) is 0 Å². The molecule has 1 saturated carbocycles. The highest BCUT2D eigenvalue weighted by Crippen LogP contribution is 2.62. The van der Waals surface area contributed by atoms with Crippen LogP contribution in [0.4, 0.5) is 8.78 Å². The molecular weight excluding hydrogens is 450 g/mol. The fourth-order valence-corrected chi connectivity index (χ4v) is 8.07. The van der Waals surface area contributed by atoms with Crippen molar-refractivity contribution in [1.82, 2.24) is 0 Å². The predicted octanol–water partition coefficient (Wildman–Crippen LogP) is 3.84. The number of halogens is 3. The summed E-state index contributed by atoms with van der Waals surface area (Å²) in [6.07, 6.45) is 0.926. The topological polar surface area (TPSA) is 83.8 Å². The molecule has 2 aliphatic rings. The summed E-state index contributed by atoms with van der Waals surface area (Å²) in [6, 6.07) is 7.36. The molecule has 1 fully saturated rings. The summed E-state index contributed by atoms with van der Waals surface area (Å²) in [7, 11) is -4.29. The quantitative estimate of drug-likeness (QED) is 0.690. The van der Waals surface area contributed by atoms with E-state index in [1.54, 1.807) is 0 Å². The maximum atomic E-state index is 15.3. The molecule has 0 aromatic heterocycles. The van der Waals surface area contributed by atoms with Crippen LogP contribution in [-0.2, 0) is 14.6 Å².